The highest BCUT2D eigenvalue weighted by Crippen LogP contribution is 2.35. The van der Waals surface area contributed by atoms with Gasteiger partial charge in [-0.3, -0.25) is 13.9 Å². The molecule has 0 aliphatic heterocycles. The number of fused-ring (bicyclic) bond motifs is 2. The third-order valence-electron chi connectivity index (χ3n) is 5.52. The number of rotatable bonds is 2. The highest BCUT2D eigenvalue weighted by atomic mass is 19.1. The monoisotopic (exact) mass is 415 g/mol. The van der Waals surface area contributed by atoms with E-state index in [0.29, 0.717) is 33.2 Å². The van der Waals surface area contributed by atoms with Gasteiger partial charge in [0.25, 0.3) is 5.56 Å². The van der Waals surface area contributed by atoms with E-state index in [1.807, 2.05) is 37.3 Å². The molecule has 8 heteroatoms. The summed E-state index contributed by atoms with van der Waals surface area (Å²) >= 11 is 0. The largest absolute Gasteiger partial charge is 0.332 e. The van der Waals surface area contributed by atoms with Crippen molar-refractivity contribution < 1.29 is 4.39 Å². The van der Waals surface area contributed by atoms with Crippen molar-refractivity contribution in [1.82, 2.24) is 23.9 Å². The van der Waals surface area contributed by atoms with Crippen molar-refractivity contribution >= 4 is 22.1 Å². The first kappa shape index (κ1) is 18.9. The third kappa shape index (κ3) is 2.72. The molecular formula is C23H18FN5O2. The Kier molecular flexibility index (Phi) is 4.11. The van der Waals surface area contributed by atoms with Gasteiger partial charge in [0.1, 0.15) is 5.82 Å². The summed E-state index contributed by atoms with van der Waals surface area (Å²) in [7, 11) is 3.01. The first-order chi connectivity index (χ1) is 14.9. The lowest BCUT2D eigenvalue weighted by molar-refractivity contribution is 0.628. The summed E-state index contributed by atoms with van der Waals surface area (Å²) in [6.07, 6.45) is 0. The molecule has 2 aromatic carbocycles. The molecule has 0 saturated carbocycles. The van der Waals surface area contributed by atoms with Gasteiger partial charge in [-0.25, -0.2) is 18.9 Å². The van der Waals surface area contributed by atoms with Crippen molar-refractivity contribution in [2.75, 3.05) is 0 Å². The van der Waals surface area contributed by atoms with Crippen LogP contribution in [0.1, 0.15) is 5.69 Å². The number of para-hydroxylation sites is 1. The molecule has 0 fully saturated rings. The Balaban J connectivity index is 2.07. The zero-order chi connectivity index (χ0) is 21.9. The van der Waals surface area contributed by atoms with Crippen LogP contribution in [0.25, 0.3) is 38.9 Å². The Hall–Kier alpha value is -4.07. The molecule has 31 heavy (non-hydrogen) atoms. The minimum Gasteiger partial charge on any atom is -0.280 e. The smallest absolute Gasteiger partial charge is 0.280 e. The lowest BCUT2D eigenvalue weighted by atomic mass is 9.98. The van der Waals surface area contributed by atoms with Crippen LogP contribution in [0, 0.1) is 12.7 Å². The zero-order valence-electron chi connectivity index (χ0n) is 17.1. The fraction of sp³-hybridized carbons (Fsp3) is 0.130. The quantitative estimate of drug-likeness (QED) is 0.444. The van der Waals surface area contributed by atoms with Gasteiger partial charge in [0.05, 0.1) is 22.2 Å². The van der Waals surface area contributed by atoms with E-state index in [-0.39, 0.29) is 11.5 Å². The molecule has 7 nitrogen and oxygen atoms in total. The van der Waals surface area contributed by atoms with Crippen LogP contribution in [0.5, 0.6) is 0 Å². The van der Waals surface area contributed by atoms with E-state index >= 15 is 0 Å². The highest BCUT2D eigenvalue weighted by Gasteiger charge is 2.23. The van der Waals surface area contributed by atoms with E-state index < -0.39 is 11.2 Å². The summed E-state index contributed by atoms with van der Waals surface area (Å²) in [6, 6.07) is 15.4. The van der Waals surface area contributed by atoms with Crippen molar-refractivity contribution in [3.63, 3.8) is 0 Å². The van der Waals surface area contributed by atoms with Gasteiger partial charge in [0.15, 0.2) is 11.3 Å². The molecule has 5 aromatic rings. The fourth-order valence-corrected chi connectivity index (χ4v) is 3.97. The molecule has 0 amide bonds. The number of aryl methyl sites for hydroxylation is 2. The molecule has 0 N–H and O–H groups in total. The molecule has 3 aromatic heterocycles. The molecule has 5 rings (SSSR count). The molecule has 0 spiro atoms. The minimum atomic E-state index is -0.475. The molecule has 0 aliphatic carbocycles. The van der Waals surface area contributed by atoms with Crippen molar-refractivity contribution in [3.8, 4) is 16.8 Å². The topological polar surface area (TPSA) is 74.7 Å². The van der Waals surface area contributed by atoms with E-state index in [2.05, 4.69) is 5.10 Å². The number of aromatic nitrogens is 5. The second kappa shape index (κ2) is 6.73. The third-order valence-corrected chi connectivity index (χ3v) is 5.52. The van der Waals surface area contributed by atoms with E-state index in [9.17, 15) is 14.0 Å². The van der Waals surface area contributed by atoms with Gasteiger partial charge < -0.3 is 0 Å². The summed E-state index contributed by atoms with van der Waals surface area (Å²) in [5.41, 5.74) is 2.52. The Morgan fingerprint density at radius 3 is 2.19 bits per heavy atom. The normalized spacial score (nSPS) is 11.5. The second-order valence-corrected chi connectivity index (χ2v) is 7.43. The Morgan fingerprint density at radius 2 is 1.52 bits per heavy atom. The molecule has 0 atom stereocenters. The van der Waals surface area contributed by atoms with Gasteiger partial charge in [-0.15, -0.1) is 0 Å². The maximum absolute atomic E-state index is 13.7. The van der Waals surface area contributed by atoms with Crippen LogP contribution < -0.4 is 11.2 Å². The summed E-state index contributed by atoms with van der Waals surface area (Å²) in [6.45, 7) is 1.84. The summed E-state index contributed by atoms with van der Waals surface area (Å²) in [5.74, 6) is -0.379. The second-order valence-electron chi connectivity index (χ2n) is 7.43. The summed E-state index contributed by atoms with van der Waals surface area (Å²) in [4.78, 5) is 30.5. The SMILES string of the molecule is Cc1nn(-c2ccccc2)c2nc3c(c(-c4ccc(F)cc4)c12)c(=O)n(C)c(=O)n3C. The van der Waals surface area contributed by atoms with Gasteiger partial charge in [-0.2, -0.15) is 5.10 Å². The predicted molar refractivity (Wildman–Crippen MR) is 117 cm³/mol. The molecule has 154 valence electrons. The summed E-state index contributed by atoms with van der Waals surface area (Å²) in [5, 5.41) is 5.65. The van der Waals surface area contributed by atoms with E-state index in [1.165, 1.54) is 23.7 Å². The van der Waals surface area contributed by atoms with Crippen LogP contribution in [0.3, 0.4) is 0 Å². The summed E-state index contributed by atoms with van der Waals surface area (Å²) < 4.78 is 17.8. The molecule has 3 heterocycles. The van der Waals surface area contributed by atoms with Gasteiger partial charge in [-0.05, 0) is 36.8 Å². The van der Waals surface area contributed by atoms with E-state index in [4.69, 9.17) is 4.98 Å². The van der Waals surface area contributed by atoms with Gasteiger partial charge in [0.2, 0.25) is 0 Å². The number of benzene rings is 2. The molecule has 0 saturated heterocycles. The van der Waals surface area contributed by atoms with Crippen molar-refractivity contribution in [2.24, 2.45) is 14.1 Å². The lowest BCUT2D eigenvalue weighted by Gasteiger charge is -2.13. The van der Waals surface area contributed by atoms with Crippen LogP contribution in [0.15, 0.2) is 64.2 Å². The standard InChI is InChI=1S/C23H18FN5O2/c1-13-17-18(14-9-11-15(24)12-10-14)19-20(27(2)23(31)28(3)22(19)30)25-21(17)29(26-13)16-7-5-4-6-8-16/h4-12H,1-3H3. The van der Waals surface area contributed by atoms with E-state index in [0.717, 1.165) is 10.3 Å². The number of nitrogens with zero attached hydrogens (tertiary/aromatic N) is 5. The van der Waals surface area contributed by atoms with Crippen molar-refractivity contribution in [2.45, 2.75) is 6.92 Å². The average molecular weight is 415 g/mol. The molecular weight excluding hydrogens is 397 g/mol. The first-order valence-corrected chi connectivity index (χ1v) is 9.69. The fourth-order valence-electron chi connectivity index (χ4n) is 3.97. The predicted octanol–water partition coefficient (Wildman–Crippen LogP) is 3.09. The Bertz CT molecular complexity index is 1600. The number of hydrogen-bond donors (Lipinski definition) is 0. The van der Waals surface area contributed by atoms with Crippen LogP contribution in [-0.2, 0) is 14.1 Å². The van der Waals surface area contributed by atoms with Gasteiger partial charge >= 0.3 is 5.69 Å². The molecule has 0 unspecified atom stereocenters. The zero-order valence-corrected chi connectivity index (χ0v) is 17.1. The first-order valence-electron chi connectivity index (χ1n) is 9.69. The maximum atomic E-state index is 13.7. The highest BCUT2D eigenvalue weighted by molar-refractivity contribution is 6.08. The molecule has 0 radical (unpaired) electrons. The molecule has 0 aliphatic rings. The van der Waals surface area contributed by atoms with Crippen molar-refractivity contribution in [3.05, 3.63) is 86.9 Å². The van der Waals surface area contributed by atoms with Crippen LogP contribution >= 0.6 is 0 Å². The van der Waals surface area contributed by atoms with E-state index in [1.54, 1.807) is 23.9 Å². The average Bonchev–Trinajstić information content (AvgIpc) is 3.12. The van der Waals surface area contributed by atoms with Gasteiger partial charge in [-0.1, -0.05) is 30.3 Å². The van der Waals surface area contributed by atoms with Gasteiger partial charge in [0, 0.05) is 19.7 Å². The molecule has 0 bridgehead atoms. The van der Waals surface area contributed by atoms with Crippen LogP contribution in [-0.4, -0.2) is 23.9 Å². The maximum Gasteiger partial charge on any atom is 0.332 e. The number of pyridine rings is 1. The minimum absolute atomic E-state index is 0.247. The Morgan fingerprint density at radius 1 is 0.839 bits per heavy atom. The van der Waals surface area contributed by atoms with Crippen LogP contribution in [0.2, 0.25) is 0 Å². The number of hydrogen-bond acceptors (Lipinski definition) is 4. The lowest BCUT2D eigenvalue weighted by Crippen LogP contribution is -2.37. The Labute approximate surface area is 175 Å². The van der Waals surface area contributed by atoms with Crippen molar-refractivity contribution in [1.29, 1.82) is 0 Å². The van der Waals surface area contributed by atoms with Crippen LogP contribution in [0.4, 0.5) is 4.39 Å². The number of halogens is 1.